The van der Waals surface area contributed by atoms with Crippen LogP contribution in [0.2, 0.25) is 0 Å². The summed E-state index contributed by atoms with van der Waals surface area (Å²) < 4.78 is 0. The van der Waals surface area contributed by atoms with E-state index >= 15 is 0 Å². The smallest absolute Gasteiger partial charge is 0.210 e. The van der Waals surface area contributed by atoms with Gasteiger partial charge in [-0.25, -0.2) is 9.97 Å². The van der Waals surface area contributed by atoms with E-state index < -0.39 is 0 Å². The SMILES string of the molecule is Cc1ccc2nc(-n3nc4ccccc4n3)nc(-c3ccccc3)c2c1. The molecule has 0 unspecified atom stereocenters. The number of hydrogen-bond acceptors (Lipinski definition) is 4. The average Bonchev–Trinajstić information content (AvgIpc) is 3.12. The molecule has 0 aliphatic rings. The lowest BCUT2D eigenvalue weighted by Crippen LogP contribution is -2.06. The summed E-state index contributed by atoms with van der Waals surface area (Å²) in [6.07, 6.45) is 0. The van der Waals surface area contributed by atoms with E-state index in [0.717, 1.165) is 33.2 Å². The minimum atomic E-state index is 0.469. The molecule has 0 radical (unpaired) electrons. The summed E-state index contributed by atoms with van der Waals surface area (Å²) in [7, 11) is 0. The molecule has 0 atom stereocenters. The van der Waals surface area contributed by atoms with Gasteiger partial charge in [-0.15, -0.1) is 15.0 Å². The lowest BCUT2D eigenvalue weighted by Gasteiger charge is -2.09. The third-order valence-electron chi connectivity index (χ3n) is 4.35. The first-order valence-electron chi connectivity index (χ1n) is 8.44. The number of aryl methyl sites for hydroxylation is 1. The molecule has 124 valence electrons. The van der Waals surface area contributed by atoms with Gasteiger partial charge >= 0.3 is 0 Å². The van der Waals surface area contributed by atoms with Gasteiger partial charge in [0.25, 0.3) is 5.95 Å². The minimum Gasteiger partial charge on any atom is -0.210 e. The molecule has 0 amide bonds. The van der Waals surface area contributed by atoms with Crippen molar-refractivity contribution in [3.05, 3.63) is 78.4 Å². The van der Waals surface area contributed by atoms with Gasteiger partial charge in [-0.2, -0.15) is 0 Å². The highest BCUT2D eigenvalue weighted by atomic mass is 15.5. The summed E-state index contributed by atoms with van der Waals surface area (Å²) >= 11 is 0. The monoisotopic (exact) mass is 337 g/mol. The Bertz CT molecular complexity index is 1210. The highest BCUT2D eigenvalue weighted by Crippen LogP contribution is 2.27. The van der Waals surface area contributed by atoms with Crippen LogP contribution in [0.15, 0.2) is 72.8 Å². The number of benzene rings is 3. The first-order chi connectivity index (χ1) is 12.8. The van der Waals surface area contributed by atoms with Gasteiger partial charge in [0.1, 0.15) is 11.0 Å². The average molecular weight is 337 g/mol. The fourth-order valence-corrected chi connectivity index (χ4v) is 3.08. The molecule has 0 fully saturated rings. The Morgan fingerprint density at radius 2 is 1.38 bits per heavy atom. The molecule has 0 saturated carbocycles. The molecule has 2 aromatic heterocycles. The van der Waals surface area contributed by atoms with Crippen molar-refractivity contribution in [1.29, 1.82) is 0 Å². The summed E-state index contributed by atoms with van der Waals surface area (Å²) in [6.45, 7) is 2.07. The van der Waals surface area contributed by atoms with Crippen LogP contribution in [0.1, 0.15) is 5.56 Å². The van der Waals surface area contributed by atoms with Crippen LogP contribution in [0.3, 0.4) is 0 Å². The van der Waals surface area contributed by atoms with Crippen LogP contribution in [0.25, 0.3) is 39.1 Å². The first-order valence-corrected chi connectivity index (χ1v) is 8.44. The van der Waals surface area contributed by atoms with E-state index in [1.807, 2.05) is 48.5 Å². The first kappa shape index (κ1) is 14.7. The van der Waals surface area contributed by atoms with Gasteiger partial charge in [0.2, 0.25) is 0 Å². The molecular weight excluding hydrogens is 322 g/mol. The third kappa shape index (κ3) is 2.41. The second-order valence-electron chi connectivity index (χ2n) is 6.24. The second kappa shape index (κ2) is 5.74. The zero-order chi connectivity index (χ0) is 17.5. The van der Waals surface area contributed by atoms with Crippen LogP contribution in [-0.2, 0) is 0 Å². The van der Waals surface area contributed by atoms with Crippen molar-refractivity contribution in [2.24, 2.45) is 0 Å². The molecule has 5 rings (SSSR count). The van der Waals surface area contributed by atoms with E-state index in [9.17, 15) is 0 Å². The molecule has 0 aliphatic carbocycles. The maximum Gasteiger partial charge on any atom is 0.269 e. The molecule has 0 aliphatic heterocycles. The van der Waals surface area contributed by atoms with Crippen molar-refractivity contribution in [1.82, 2.24) is 25.0 Å². The van der Waals surface area contributed by atoms with Crippen LogP contribution in [-0.4, -0.2) is 25.0 Å². The fourth-order valence-electron chi connectivity index (χ4n) is 3.08. The Hall–Kier alpha value is -3.60. The largest absolute Gasteiger partial charge is 0.269 e. The molecule has 5 aromatic rings. The lowest BCUT2D eigenvalue weighted by molar-refractivity contribution is 0.720. The highest BCUT2D eigenvalue weighted by molar-refractivity contribution is 5.93. The predicted molar refractivity (Wildman–Crippen MR) is 102 cm³/mol. The Morgan fingerprint density at radius 3 is 2.12 bits per heavy atom. The molecule has 5 nitrogen and oxygen atoms in total. The van der Waals surface area contributed by atoms with Gasteiger partial charge in [-0.05, 0) is 31.2 Å². The van der Waals surface area contributed by atoms with Crippen molar-refractivity contribution >= 4 is 21.9 Å². The van der Waals surface area contributed by atoms with E-state index in [-0.39, 0.29) is 0 Å². The van der Waals surface area contributed by atoms with Gasteiger partial charge in [-0.3, -0.25) is 0 Å². The Kier molecular flexibility index (Phi) is 3.25. The van der Waals surface area contributed by atoms with E-state index in [4.69, 9.17) is 9.97 Å². The second-order valence-corrected chi connectivity index (χ2v) is 6.24. The maximum absolute atomic E-state index is 4.80. The van der Waals surface area contributed by atoms with Crippen LogP contribution < -0.4 is 0 Å². The van der Waals surface area contributed by atoms with Crippen molar-refractivity contribution < 1.29 is 0 Å². The highest BCUT2D eigenvalue weighted by Gasteiger charge is 2.13. The molecule has 0 bridgehead atoms. The van der Waals surface area contributed by atoms with E-state index in [2.05, 4.69) is 41.4 Å². The molecule has 0 saturated heterocycles. The number of hydrogen-bond donors (Lipinski definition) is 0. The van der Waals surface area contributed by atoms with Crippen molar-refractivity contribution in [3.63, 3.8) is 0 Å². The van der Waals surface area contributed by atoms with E-state index in [0.29, 0.717) is 5.95 Å². The quantitative estimate of drug-likeness (QED) is 0.481. The molecule has 5 heteroatoms. The Morgan fingerprint density at radius 1 is 0.692 bits per heavy atom. The standard InChI is InChI=1S/C21H15N5/c1-14-11-12-17-16(13-14)20(15-7-3-2-4-8-15)23-21(22-17)26-24-18-9-5-6-10-19(18)25-26/h2-13H,1H3. The summed E-state index contributed by atoms with van der Waals surface area (Å²) in [6, 6.07) is 24.1. The van der Waals surface area contributed by atoms with Crippen molar-refractivity contribution in [2.45, 2.75) is 6.92 Å². The molecular formula is C21H15N5. The van der Waals surface area contributed by atoms with Gasteiger partial charge in [0.05, 0.1) is 11.2 Å². The predicted octanol–water partition coefficient (Wildman–Crippen LogP) is 4.34. The Labute approximate surface area is 150 Å². The minimum absolute atomic E-state index is 0.469. The van der Waals surface area contributed by atoms with Gasteiger partial charge in [-0.1, -0.05) is 54.1 Å². The molecule has 0 N–H and O–H groups in total. The van der Waals surface area contributed by atoms with Crippen molar-refractivity contribution in [3.8, 4) is 17.2 Å². The van der Waals surface area contributed by atoms with E-state index in [1.165, 1.54) is 10.4 Å². The summed E-state index contributed by atoms with van der Waals surface area (Å²) in [5.74, 6) is 0.469. The number of fused-ring (bicyclic) bond motifs is 2. The zero-order valence-electron chi connectivity index (χ0n) is 14.2. The van der Waals surface area contributed by atoms with Gasteiger partial charge in [0, 0.05) is 10.9 Å². The van der Waals surface area contributed by atoms with Crippen LogP contribution in [0, 0.1) is 6.92 Å². The molecule has 0 spiro atoms. The molecule has 26 heavy (non-hydrogen) atoms. The van der Waals surface area contributed by atoms with Crippen LogP contribution in [0.5, 0.6) is 0 Å². The van der Waals surface area contributed by atoms with Crippen molar-refractivity contribution in [2.75, 3.05) is 0 Å². The maximum atomic E-state index is 4.80. The number of rotatable bonds is 2. The number of nitrogens with zero attached hydrogens (tertiary/aromatic N) is 5. The fraction of sp³-hybridized carbons (Fsp3) is 0.0476. The lowest BCUT2D eigenvalue weighted by atomic mass is 10.0. The molecule has 3 aromatic carbocycles. The molecule has 2 heterocycles. The normalized spacial score (nSPS) is 11.3. The van der Waals surface area contributed by atoms with Gasteiger partial charge < -0.3 is 0 Å². The number of aromatic nitrogens is 5. The summed E-state index contributed by atoms with van der Waals surface area (Å²) in [5, 5.41) is 10.1. The zero-order valence-corrected chi connectivity index (χ0v) is 14.2. The summed E-state index contributed by atoms with van der Waals surface area (Å²) in [4.78, 5) is 11.0. The third-order valence-corrected chi connectivity index (χ3v) is 4.35. The van der Waals surface area contributed by atoms with E-state index in [1.54, 1.807) is 0 Å². The van der Waals surface area contributed by atoms with Crippen LogP contribution in [0.4, 0.5) is 0 Å². The van der Waals surface area contributed by atoms with Gasteiger partial charge in [0.15, 0.2) is 0 Å². The summed E-state index contributed by atoms with van der Waals surface area (Å²) in [5.41, 5.74) is 5.62. The topological polar surface area (TPSA) is 56.5 Å². The Balaban J connectivity index is 1.80. The van der Waals surface area contributed by atoms with Crippen LogP contribution >= 0.6 is 0 Å².